The molecule has 3 rings (SSSR count). The van der Waals surface area contributed by atoms with Gasteiger partial charge in [-0.05, 0) is 24.0 Å². The molecule has 0 aliphatic heterocycles. The average molecular weight is 340 g/mol. The van der Waals surface area contributed by atoms with Crippen LogP contribution in [0.4, 0.5) is 0 Å². The van der Waals surface area contributed by atoms with Crippen molar-refractivity contribution < 1.29 is 9.32 Å². The van der Waals surface area contributed by atoms with Gasteiger partial charge in [-0.3, -0.25) is 9.89 Å². The summed E-state index contributed by atoms with van der Waals surface area (Å²) in [7, 11) is 0. The fourth-order valence-corrected chi connectivity index (χ4v) is 2.55. The summed E-state index contributed by atoms with van der Waals surface area (Å²) in [5.74, 6) is 0.974. The number of carbonyl (C=O) groups excluding carboxylic acids is 1. The number of hydrogen-bond acceptors (Lipinski definition) is 6. The number of amides is 1. The van der Waals surface area contributed by atoms with Crippen LogP contribution in [0.15, 0.2) is 35.1 Å². The lowest BCUT2D eigenvalue weighted by Crippen LogP contribution is -2.32. The van der Waals surface area contributed by atoms with Gasteiger partial charge in [-0.1, -0.05) is 44.1 Å². The van der Waals surface area contributed by atoms with Crippen molar-refractivity contribution in [2.24, 2.45) is 5.92 Å². The van der Waals surface area contributed by atoms with Crippen LogP contribution in [0.2, 0.25) is 0 Å². The van der Waals surface area contributed by atoms with Crippen LogP contribution >= 0.6 is 0 Å². The standard InChI is InChI=1S/C17H20N6O2/c1-4-11-7-5-6-8-12(11)16(24)20-13(10(2)3)17-21-15(23-25-17)14-18-9-19-22-14/h5-10,13H,4H2,1-3H3,(H,20,24)(H,18,19,22). The van der Waals surface area contributed by atoms with Gasteiger partial charge in [0.15, 0.2) is 5.82 Å². The molecule has 0 spiro atoms. The fourth-order valence-electron chi connectivity index (χ4n) is 2.55. The molecule has 0 aliphatic carbocycles. The fraction of sp³-hybridized carbons (Fsp3) is 0.353. The first kappa shape index (κ1) is 16.8. The van der Waals surface area contributed by atoms with Crippen molar-refractivity contribution in [1.82, 2.24) is 30.6 Å². The molecule has 1 unspecified atom stereocenters. The molecule has 0 fully saturated rings. The largest absolute Gasteiger partial charge is 0.340 e. The molecule has 0 radical (unpaired) electrons. The molecule has 2 heterocycles. The quantitative estimate of drug-likeness (QED) is 0.713. The van der Waals surface area contributed by atoms with Gasteiger partial charge < -0.3 is 9.84 Å². The van der Waals surface area contributed by atoms with E-state index in [4.69, 9.17) is 4.52 Å². The van der Waals surface area contributed by atoms with E-state index < -0.39 is 6.04 Å². The summed E-state index contributed by atoms with van der Waals surface area (Å²) in [6.07, 6.45) is 2.15. The third kappa shape index (κ3) is 3.57. The zero-order valence-corrected chi connectivity index (χ0v) is 14.4. The predicted molar refractivity (Wildman–Crippen MR) is 90.5 cm³/mol. The molecule has 0 saturated heterocycles. The van der Waals surface area contributed by atoms with E-state index in [0.717, 1.165) is 12.0 Å². The molecule has 25 heavy (non-hydrogen) atoms. The molecule has 1 aromatic carbocycles. The summed E-state index contributed by atoms with van der Waals surface area (Å²) in [6.45, 7) is 5.98. The van der Waals surface area contributed by atoms with Crippen molar-refractivity contribution in [3.63, 3.8) is 0 Å². The van der Waals surface area contributed by atoms with Crippen molar-refractivity contribution in [3.05, 3.63) is 47.6 Å². The Bertz CT molecular complexity index is 840. The van der Waals surface area contributed by atoms with Crippen LogP contribution in [0.3, 0.4) is 0 Å². The highest BCUT2D eigenvalue weighted by atomic mass is 16.5. The molecule has 0 saturated carbocycles. The molecule has 3 aromatic rings. The van der Waals surface area contributed by atoms with E-state index in [2.05, 4.69) is 30.6 Å². The van der Waals surface area contributed by atoms with Crippen LogP contribution in [0, 0.1) is 5.92 Å². The topological polar surface area (TPSA) is 110 Å². The van der Waals surface area contributed by atoms with Gasteiger partial charge in [0, 0.05) is 5.56 Å². The minimum Gasteiger partial charge on any atom is -0.340 e. The van der Waals surface area contributed by atoms with E-state index in [1.807, 2.05) is 45.0 Å². The van der Waals surface area contributed by atoms with Gasteiger partial charge >= 0.3 is 0 Å². The van der Waals surface area contributed by atoms with E-state index >= 15 is 0 Å². The molecule has 8 heteroatoms. The molecule has 8 nitrogen and oxygen atoms in total. The third-order valence-corrected chi connectivity index (χ3v) is 3.93. The molecule has 1 atom stereocenters. The van der Waals surface area contributed by atoms with Crippen LogP contribution in [-0.2, 0) is 6.42 Å². The Labute approximate surface area is 145 Å². The monoisotopic (exact) mass is 340 g/mol. The average Bonchev–Trinajstić information content (AvgIpc) is 3.30. The summed E-state index contributed by atoms with van der Waals surface area (Å²) >= 11 is 0. The number of aromatic amines is 1. The van der Waals surface area contributed by atoms with Crippen LogP contribution < -0.4 is 5.32 Å². The van der Waals surface area contributed by atoms with Gasteiger partial charge in [0.1, 0.15) is 12.4 Å². The van der Waals surface area contributed by atoms with Crippen molar-refractivity contribution in [2.75, 3.05) is 0 Å². The number of nitrogens with one attached hydrogen (secondary N) is 2. The van der Waals surface area contributed by atoms with E-state index in [-0.39, 0.29) is 11.8 Å². The highest BCUT2D eigenvalue weighted by Crippen LogP contribution is 2.23. The summed E-state index contributed by atoms with van der Waals surface area (Å²) in [5, 5.41) is 13.4. The normalized spacial score (nSPS) is 12.3. The van der Waals surface area contributed by atoms with Crippen LogP contribution in [0.5, 0.6) is 0 Å². The highest BCUT2D eigenvalue weighted by Gasteiger charge is 2.26. The van der Waals surface area contributed by atoms with Gasteiger partial charge in [0.05, 0.1) is 0 Å². The lowest BCUT2D eigenvalue weighted by Gasteiger charge is -2.19. The number of aromatic nitrogens is 5. The number of nitrogens with zero attached hydrogens (tertiary/aromatic N) is 4. The number of rotatable bonds is 6. The highest BCUT2D eigenvalue weighted by molar-refractivity contribution is 5.95. The second-order valence-electron chi connectivity index (χ2n) is 6.00. The van der Waals surface area contributed by atoms with E-state index in [9.17, 15) is 4.79 Å². The van der Waals surface area contributed by atoms with E-state index in [1.54, 1.807) is 0 Å². The van der Waals surface area contributed by atoms with Gasteiger partial charge in [-0.2, -0.15) is 10.1 Å². The molecular weight excluding hydrogens is 320 g/mol. The Hall–Kier alpha value is -3.03. The lowest BCUT2D eigenvalue weighted by atomic mass is 10.0. The van der Waals surface area contributed by atoms with Gasteiger partial charge in [0.2, 0.25) is 11.7 Å². The summed E-state index contributed by atoms with van der Waals surface area (Å²) < 4.78 is 5.34. The van der Waals surface area contributed by atoms with Gasteiger partial charge in [-0.25, -0.2) is 4.98 Å². The summed E-state index contributed by atoms with van der Waals surface area (Å²) in [5.41, 5.74) is 1.65. The minimum absolute atomic E-state index is 0.0702. The van der Waals surface area contributed by atoms with Crippen LogP contribution in [-0.4, -0.2) is 31.2 Å². The van der Waals surface area contributed by atoms with E-state index in [0.29, 0.717) is 23.1 Å². The SMILES string of the molecule is CCc1ccccc1C(=O)NC(c1nc(-c2ncn[nH]2)no1)C(C)C. The summed E-state index contributed by atoms with van der Waals surface area (Å²) in [4.78, 5) is 21.1. The Morgan fingerprint density at radius 1 is 1.32 bits per heavy atom. The predicted octanol–water partition coefficient (Wildman–Crippen LogP) is 2.54. The van der Waals surface area contributed by atoms with Crippen LogP contribution in [0.25, 0.3) is 11.6 Å². The first-order chi connectivity index (χ1) is 12.1. The lowest BCUT2D eigenvalue weighted by molar-refractivity contribution is 0.0913. The van der Waals surface area contributed by atoms with Crippen LogP contribution in [0.1, 0.15) is 48.6 Å². The molecular formula is C17H20N6O2. The zero-order valence-electron chi connectivity index (χ0n) is 14.4. The molecule has 2 N–H and O–H groups in total. The number of benzene rings is 1. The number of aryl methyl sites for hydroxylation is 1. The van der Waals surface area contributed by atoms with Gasteiger partial charge in [0.25, 0.3) is 5.91 Å². The molecule has 0 bridgehead atoms. The maximum atomic E-state index is 12.7. The Morgan fingerprint density at radius 3 is 2.80 bits per heavy atom. The minimum atomic E-state index is -0.401. The first-order valence-corrected chi connectivity index (χ1v) is 8.18. The maximum absolute atomic E-state index is 12.7. The van der Waals surface area contributed by atoms with E-state index in [1.165, 1.54) is 6.33 Å². The second kappa shape index (κ2) is 7.25. The summed E-state index contributed by atoms with van der Waals surface area (Å²) in [6, 6.07) is 7.15. The Kier molecular flexibility index (Phi) is 4.87. The molecule has 130 valence electrons. The number of hydrogen-bond donors (Lipinski definition) is 2. The smallest absolute Gasteiger partial charge is 0.252 e. The zero-order chi connectivity index (χ0) is 17.8. The maximum Gasteiger partial charge on any atom is 0.252 e. The Balaban J connectivity index is 1.83. The van der Waals surface area contributed by atoms with Crippen molar-refractivity contribution in [2.45, 2.75) is 33.2 Å². The molecule has 1 amide bonds. The second-order valence-corrected chi connectivity index (χ2v) is 6.00. The number of H-pyrrole nitrogens is 1. The third-order valence-electron chi connectivity index (χ3n) is 3.93. The molecule has 2 aromatic heterocycles. The van der Waals surface area contributed by atoms with Crippen molar-refractivity contribution in [1.29, 1.82) is 0 Å². The first-order valence-electron chi connectivity index (χ1n) is 8.18. The van der Waals surface area contributed by atoms with Crippen molar-refractivity contribution in [3.8, 4) is 11.6 Å². The number of carbonyl (C=O) groups is 1. The van der Waals surface area contributed by atoms with Gasteiger partial charge in [-0.15, -0.1) is 0 Å². The van der Waals surface area contributed by atoms with Crippen molar-refractivity contribution >= 4 is 5.91 Å². The molecule has 0 aliphatic rings. The Morgan fingerprint density at radius 2 is 2.12 bits per heavy atom.